The second kappa shape index (κ2) is 13.2. The van der Waals surface area contributed by atoms with Crippen LogP contribution in [0.1, 0.15) is 50.5 Å². The first-order chi connectivity index (χ1) is 17.7. The molecule has 12 heteroatoms. The van der Waals surface area contributed by atoms with Crippen LogP contribution in [0, 0.1) is 0 Å². The highest BCUT2D eigenvalue weighted by Crippen LogP contribution is 2.33. The average molecular weight is 518 g/mol. The predicted octanol–water partition coefficient (Wildman–Crippen LogP) is -0.256. The van der Waals surface area contributed by atoms with Crippen LogP contribution in [0.15, 0.2) is 24.3 Å². The molecule has 0 spiro atoms. The molecule has 1 aromatic rings. The van der Waals surface area contributed by atoms with Crippen molar-refractivity contribution in [2.75, 3.05) is 18.0 Å². The Morgan fingerprint density at radius 3 is 2.46 bits per heavy atom. The number of aliphatic carboxylic acids is 2. The zero-order chi connectivity index (χ0) is 26.9. The largest absolute Gasteiger partial charge is 0.480 e. The molecule has 0 bridgehead atoms. The summed E-state index contributed by atoms with van der Waals surface area (Å²) in [6.45, 7) is 1.13. The molecule has 2 heterocycles. The number of hydrogen-bond donors (Lipinski definition) is 6. The third kappa shape index (κ3) is 7.26. The lowest BCUT2D eigenvalue weighted by Crippen LogP contribution is -2.54. The van der Waals surface area contributed by atoms with Crippen molar-refractivity contribution in [1.29, 1.82) is 0 Å². The Labute approximate surface area is 214 Å². The first kappa shape index (κ1) is 28.1. The fourth-order valence-corrected chi connectivity index (χ4v) is 4.75. The number of amides is 3. The van der Waals surface area contributed by atoms with E-state index in [1.807, 2.05) is 0 Å². The van der Waals surface area contributed by atoms with Crippen LogP contribution in [0.2, 0.25) is 0 Å². The number of hydrogen-bond acceptors (Lipinski definition) is 7. The molecule has 0 radical (unpaired) electrons. The molecule has 1 aromatic carbocycles. The van der Waals surface area contributed by atoms with Gasteiger partial charge in [-0.2, -0.15) is 0 Å². The smallest absolute Gasteiger partial charge is 0.327 e. The van der Waals surface area contributed by atoms with Crippen LogP contribution in [-0.2, 0) is 30.4 Å². The fraction of sp³-hybridized carbons (Fsp3) is 0.560. The number of anilines is 1. The summed E-state index contributed by atoms with van der Waals surface area (Å²) in [5, 5.41) is 27.5. The van der Waals surface area contributed by atoms with Gasteiger partial charge in [0.05, 0.1) is 6.04 Å². The van der Waals surface area contributed by atoms with Crippen molar-refractivity contribution in [1.82, 2.24) is 16.0 Å². The van der Waals surface area contributed by atoms with E-state index < -0.39 is 47.9 Å². The van der Waals surface area contributed by atoms with E-state index in [0.29, 0.717) is 38.0 Å². The highest BCUT2D eigenvalue weighted by molar-refractivity contribution is 6.02. The number of carboxylic acid groups (broad SMARTS) is 2. The minimum absolute atomic E-state index is 0.163. The van der Waals surface area contributed by atoms with Crippen LogP contribution in [-0.4, -0.2) is 77.1 Å². The number of fused-ring (bicyclic) bond motifs is 1. The number of nitrogens with two attached hydrogens (primary N) is 1. The highest BCUT2D eigenvalue weighted by atomic mass is 16.4. The van der Waals surface area contributed by atoms with Crippen molar-refractivity contribution in [2.45, 2.75) is 75.5 Å². The molecule has 1 fully saturated rings. The molecule has 4 atom stereocenters. The Bertz CT molecular complexity index is 1010. The quantitative estimate of drug-likeness (QED) is 0.191. The van der Waals surface area contributed by atoms with Gasteiger partial charge in [0, 0.05) is 18.5 Å². The minimum atomic E-state index is -1.39. The summed E-state index contributed by atoms with van der Waals surface area (Å²) < 4.78 is 0. The highest BCUT2D eigenvalue weighted by Gasteiger charge is 2.38. The number of benzene rings is 1. The zero-order valence-corrected chi connectivity index (χ0v) is 20.7. The van der Waals surface area contributed by atoms with Crippen molar-refractivity contribution >= 4 is 35.3 Å². The van der Waals surface area contributed by atoms with Crippen molar-refractivity contribution in [3.63, 3.8) is 0 Å². The standard InChI is InChI=1S/C25H35N5O7/c26-12-4-3-7-17(28-22(32)16-8-5-13-27-16)23(33)29-18(24(34)35)10-11-21(31)30-19-9-2-1-6-15(19)14-20(30)25(36)37/h1-2,6,9,16-18,20,27H,3-5,7-8,10-14,26H2,(H,28,32)(H,29,33)(H,34,35)(H,36,37)/t16-,17-,18+,20-/m0/s1. The van der Waals surface area contributed by atoms with Gasteiger partial charge >= 0.3 is 11.9 Å². The molecule has 0 aliphatic carbocycles. The van der Waals surface area contributed by atoms with Gasteiger partial charge in [-0.25, -0.2) is 9.59 Å². The van der Waals surface area contributed by atoms with Gasteiger partial charge in [0.2, 0.25) is 17.7 Å². The minimum Gasteiger partial charge on any atom is -0.480 e. The molecule has 0 saturated carbocycles. The topological polar surface area (TPSA) is 191 Å². The van der Waals surface area contributed by atoms with Gasteiger partial charge in [0.1, 0.15) is 18.1 Å². The first-order valence-corrected chi connectivity index (χ1v) is 12.6. The number of carbonyl (C=O) groups is 5. The van der Waals surface area contributed by atoms with Crippen molar-refractivity contribution < 1.29 is 34.2 Å². The molecule has 2 aliphatic heterocycles. The summed E-state index contributed by atoms with van der Waals surface area (Å²) in [6, 6.07) is 3.05. The molecular weight excluding hydrogens is 482 g/mol. The van der Waals surface area contributed by atoms with Gasteiger partial charge in [0.15, 0.2) is 0 Å². The first-order valence-electron chi connectivity index (χ1n) is 12.6. The Morgan fingerprint density at radius 1 is 1.05 bits per heavy atom. The van der Waals surface area contributed by atoms with Crippen LogP contribution in [0.5, 0.6) is 0 Å². The van der Waals surface area contributed by atoms with Gasteiger partial charge in [-0.15, -0.1) is 0 Å². The fourth-order valence-electron chi connectivity index (χ4n) is 4.75. The Kier molecular flexibility index (Phi) is 9.98. The maximum absolute atomic E-state index is 13.0. The number of nitrogens with zero attached hydrogens (tertiary/aromatic N) is 1. The van der Waals surface area contributed by atoms with Crippen LogP contribution in [0.3, 0.4) is 0 Å². The third-order valence-electron chi connectivity index (χ3n) is 6.75. The Morgan fingerprint density at radius 2 is 1.81 bits per heavy atom. The van der Waals surface area contributed by atoms with Gasteiger partial charge < -0.3 is 31.9 Å². The Hall–Kier alpha value is -3.51. The lowest BCUT2D eigenvalue weighted by Gasteiger charge is -2.25. The van der Waals surface area contributed by atoms with E-state index in [1.165, 1.54) is 4.90 Å². The number of unbranched alkanes of at least 4 members (excludes halogenated alkanes) is 1. The average Bonchev–Trinajstić information content (AvgIpc) is 3.54. The van der Waals surface area contributed by atoms with E-state index in [4.69, 9.17) is 5.73 Å². The second-order valence-corrected chi connectivity index (χ2v) is 9.38. The van der Waals surface area contributed by atoms with Crippen LogP contribution in [0.25, 0.3) is 0 Å². The van der Waals surface area contributed by atoms with E-state index in [0.717, 1.165) is 12.0 Å². The number of para-hydroxylation sites is 1. The van der Waals surface area contributed by atoms with E-state index in [2.05, 4.69) is 16.0 Å². The number of nitrogens with one attached hydrogen (secondary N) is 3. The van der Waals surface area contributed by atoms with Gasteiger partial charge in [0.25, 0.3) is 0 Å². The summed E-state index contributed by atoms with van der Waals surface area (Å²) in [5.74, 6) is -4.00. The lowest BCUT2D eigenvalue weighted by atomic mass is 10.1. The molecular formula is C25H35N5O7. The number of carboxylic acids is 2. The molecule has 0 aromatic heterocycles. The normalized spacial score (nSPS) is 20.1. The van der Waals surface area contributed by atoms with Crippen LogP contribution < -0.4 is 26.6 Å². The molecule has 7 N–H and O–H groups in total. The summed E-state index contributed by atoms with van der Waals surface area (Å²) >= 11 is 0. The van der Waals surface area contributed by atoms with Crippen molar-refractivity contribution in [2.24, 2.45) is 5.73 Å². The van der Waals surface area contributed by atoms with Crippen molar-refractivity contribution in [3.8, 4) is 0 Å². The molecule has 0 unspecified atom stereocenters. The molecule has 202 valence electrons. The molecule has 3 rings (SSSR count). The van der Waals surface area contributed by atoms with Gasteiger partial charge in [-0.1, -0.05) is 18.2 Å². The van der Waals surface area contributed by atoms with Crippen LogP contribution >= 0.6 is 0 Å². The molecule has 2 aliphatic rings. The summed E-state index contributed by atoms with van der Waals surface area (Å²) in [6.07, 6.45) is 2.63. The number of carbonyl (C=O) groups excluding carboxylic acids is 3. The monoisotopic (exact) mass is 517 g/mol. The summed E-state index contributed by atoms with van der Waals surface area (Å²) in [7, 11) is 0. The second-order valence-electron chi connectivity index (χ2n) is 9.38. The third-order valence-corrected chi connectivity index (χ3v) is 6.75. The molecule has 1 saturated heterocycles. The lowest BCUT2D eigenvalue weighted by molar-refractivity contribution is -0.143. The van der Waals surface area contributed by atoms with Gasteiger partial charge in [-0.3, -0.25) is 19.3 Å². The van der Waals surface area contributed by atoms with E-state index >= 15 is 0 Å². The van der Waals surface area contributed by atoms with E-state index in [1.54, 1.807) is 24.3 Å². The van der Waals surface area contributed by atoms with E-state index in [9.17, 15) is 34.2 Å². The maximum atomic E-state index is 13.0. The number of rotatable bonds is 13. The zero-order valence-electron chi connectivity index (χ0n) is 20.7. The Balaban J connectivity index is 1.64. The summed E-state index contributed by atoms with van der Waals surface area (Å²) in [5.41, 5.74) is 6.75. The predicted molar refractivity (Wildman–Crippen MR) is 134 cm³/mol. The molecule has 12 nitrogen and oxygen atoms in total. The molecule has 37 heavy (non-hydrogen) atoms. The van der Waals surface area contributed by atoms with Crippen molar-refractivity contribution in [3.05, 3.63) is 29.8 Å². The van der Waals surface area contributed by atoms with E-state index in [-0.39, 0.29) is 31.6 Å². The van der Waals surface area contributed by atoms with Gasteiger partial charge in [-0.05, 0) is 63.2 Å². The molecule has 3 amide bonds. The maximum Gasteiger partial charge on any atom is 0.327 e. The van der Waals surface area contributed by atoms with Crippen LogP contribution in [0.4, 0.5) is 5.69 Å². The SMILES string of the molecule is NCCCC[C@H](NC(=O)[C@@H]1CCCN1)C(=O)N[C@H](CCC(=O)N1c2ccccc2C[C@H]1C(=O)O)C(=O)O. The summed E-state index contributed by atoms with van der Waals surface area (Å²) in [4.78, 5) is 63.4.